The maximum absolute atomic E-state index is 11.0. The van der Waals surface area contributed by atoms with E-state index in [2.05, 4.69) is 31.9 Å². The minimum atomic E-state index is -1.62. The van der Waals surface area contributed by atoms with Gasteiger partial charge in [0.25, 0.3) is 0 Å². The number of aliphatic carboxylic acids is 1. The number of aryl methyl sites for hydroxylation is 1. The number of nitrogens with zero attached hydrogens (tertiary/aromatic N) is 4. The molecule has 1 aliphatic heterocycles. The number of fused-ring (bicyclic) bond motifs is 3. The molecule has 0 unspecified atom stereocenters. The van der Waals surface area contributed by atoms with E-state index in [1.54, 1.807) is 0 Å². The number of aromatic nitrogens is 2. The van der Waals surface area contributed by atoms with Crippen molar-refractivity contribution in [1.29, 1.82) is 0 Å². The van der Waals surface area contributed by atoms with Gasteiger partial charge < -0.3 is 30.3 Å². The molecule has 2 aliphatic carbocycles. The highest BCUT2D eigenvalue weighted by Crippen LogP contribution is 2.39. The van der Waals surface area contributed by atoms with Gasteiger partial charge in [0.05, 0.1) is 18.4 Å². The number of ether oxygens (including phenoxy) is 2. The quantitative estimate of drug-likeness (QED) is 0.347. The molecule has 2 fully saturated rings. The summed E-state index contributed by atoms with van der Waals surface area (Å²) in [4.78, 5) is 25.0. The van der Waals surface area contributed by atoms with E-state index in [-0.39, 0.29) is 24.9 Å². The number of hydrogen-bond acceptors (Lipinski definition) is 9. The van der Waals surface area contributed by atoms with E-state index in [9.17, 15) is 9.90 Å². The molecule has 1 saturated carbocycles. The summed E-state index contributed by atoms with van der Waals surface area (Å²) in [5.41, 5.74) is 9.94. The smallest absolute Gasteiger partial charge is 0.335 e. The van der Waals surface area contributed by atoms with Gasteiger partial charge in [0.2, 0.25) is 5.95 Å². The van der Waals surface area contributed by atoms with Crippen LogP contribution in [0, 0.1) is 0 Å². The lowest BCUT2D eigenvalue weighted by Crippen LogP contribution is -2.54. The van der Waals surface area contributed by atoms with Crippen LogP contribution < -0.4 is 15.4 Å². The van der Waals surface area contributed by atoms with Crippen LogP contribution in [0.15, 0.2) is 42.5 Å². The Hall–Kier alpha value is -3.44. The first kappa shape index (κ1) is 27.7. The minimum Gasteiger partial charge on any atom is -0.489 e. The molecular formula is C30H34ClN5O5. The fraction of sp³-hybridized carbons (Fsp3) is 0.433. The van der Waals surface area contributed by atoms with Crippen LogP contribution in [0.2, 0.25) is 5.02 Å². The number of nitrogen functional groups attached to an aromatic ring is 1. The predicted molar refractivity (Wildman–Crippen MR) is 155 cm³/mol. The van der Waals surface area contributed by atoms with Crippen molar-refractivity contribution in [3.63, 3.8) is 0 Å². The van der Waals surface area contributed by atoms with Gasteiger partial charge in [0.15, 0.2) is 5.60 Å². The fourth-order valence-electron chi connectivity index (χ4n) is 5.83. The Kier molecular flexibility index (Phi) is 7.74. The molecule has 0 amide bonds. The van der Waals surface area contributed by atoms with Crippen LogP contribution in [0.25, 0.3) is 11.3 Å². The molecule has 1 aromatic heterocycles. The van der Waals surface area contributed by atoms with Crippen molar-refractivity contribution in [3.05, 3.63) is 64.2 Å². The van der Waals surface area contributed by atoms with Crippen molar-refractivity contribution >= 4 is 29.3 Å². The molecule has 3 aromatic rings. The van der Waals surface area contributed by atoms with Crippen LogP contribution >= 0.6 is 11.6 Å². The number of carbonyl (C=O) groups is 1. The second-order valence-electron chi connectivity index (χ2n) is 11.0. The molecular weight excluding hydrogens is 546 g/mol. The highest BCUT2D eigenvalue weighted by molar-refractivity contribution is 6.30. The second-order valence-corrected chi connectivity index (χ2v) is 11.5. The lowest BCUT2D eigenvalue weighted by molar-refractivity contribution is -0.187. The van der Waals surface area contributed by atoms with Gasteiger partial charge in [-0.1, -0.05) is 23.7 Å². The zero-order valence-electron chi connectivity index (χ0n) is 22.8. The first-order valence-electron chi connectivity index (χ1n) is 14.0. The number of piperazine rings is 1. The van der Waals surface area contributed by atoms with Crippen molar-refractivity contribution in [3.8, 4) is 17.0 Å². The molecule has 2 aromatic carbocycles. The molecule has 2 heterocycles. The maximum Gasteiger partial charge on any atom is 0.335 e. The lowest BCUT2D eigenvalue weighted by atomic mass is 9.77. The molecule has 10 nitrogen and oxygen atoms in total. The van der Waals surface area contributed by atoms with E-state index in [0.717, 1.165) is 79.5 Å². The first-order chi connectivity index (χ1) is 19.8. The van der Waals surface area contributed by atoms with Crippen LogP contribution in [0.4, 0.5) is 11.8 Å². The molecule has 0 spiro atoms. The van der Waals surface area contributed by atoms with E-state index in [1.165, 1.54) is 5.56 Å². The summed E-state index contributed by atoms with van der Waals surface area (Å²) < 4.78 is 11.8. The fourth-order valence-corrected chi connectivity index (χ4v) is 5.95. The molecule has 1 saturated heterocycles. The average Bonchev–Trinajstić information content (AvgIpc) is 2.95. The van der Waals surface area contributed by atoms with Gasteiger partial charge in [-0.3, -0.25) is 4.90 Å². The van der Waals surface area contributed by atoms with Crippen molar-refractivity contribution in [2.75, 3.05) is 50.0 Å². The van der Waals surface area contributed by atoms with Crippen molar-refractivity contribution in [1.82, 2.24) is 14.9 Å². The van der Waals surface area contributed by atoms with Crippen molar-refractivity contribution in [2.45, 2.75) is 44.0 Å². The number of carboxylic acids is 1. The molecule has 216 valence electrons. The highest BCUT2D eigenvalue weighted by Gasteiger charge is 2.49. The van der Waals surface area contributed by atoms with Crippen molar-refractivity contribution in [2.24, 2.45) is 0 Å². The van der Waals surface area contributed by atoms with Gasteiger partial charge in [0.1, 0.15) is 18.2 Å². The Bertz CT molecular complexity index is 1420. The van der Waals surface area contributed by atoms with Gasteiger partial charge in [-0.05, 0) is 54.3 Å². The molecule has 0 radical (unpaired) electrons. The maximum atomic E-state index is 11.0. The molecule has 4 N–H and O–H groups in total. The number of aliphatic hydroxyl groups is 1. The Balaban J connectivity index is 1.06. The van der Waals surface area contributed by atoms with Gasteiger partial charge in [-0.25, -0.2) is 9.78 Å². The van der Waals surface area contributed by atoms with Crippen LogP contribution in [0.5, 0.6) is 5.75 Å². The monoisotopic (exact) mass is 579 g/mol. The van der Waals surface area contributed by atoms with E-state index in [4.69, 9.17) is 31.9 Å². The molecule has 6 rings (SSSR count). The van der Waals surface area contributed by atoms with Gasteiger partial charge in [0, 0.05) is 61.7 Å². The highest BCUT2D eigenvalue weighted by atomic mass is 35.5. The molecule has 0 bridgehead atoms. The molecule has 0 atom stereocenters. The standard InChI is InChI=1S/C30H34ClN5O5/c31-21-4-1-19(2-5-21)18-41-22-6-8-24-20(15-22)3-7-25-26(24)33-29(32)34-27(25)36-11-9-35(10-12-36)13-14-40-23-16-30(39,17-23)28(37)38/h1-2,4-6,8,15,23,39H,3,7,9-14,16-18H2,(H,37,38)(H2,32,33,34)/t23-,30-. The van der Waals surface area contributed by atoms with Crippen LogP contribution in [0.3, 0.4) is 0 Å². The zero-order valence-corrected chi connectivity index (χ0v) is 23.5. The third-order valence-corrected chi connectivity index (χ3v) is 8.51. The number of anilines is 2. The third-order valence-electron chi connectivity index (χ3n) is 8.26. The summed E-state index contributed by atoms with van der Waals surface area (Å²) in [6, 6.07) is 13.8. The summed E-state index contributed by atoms with van der Waals surface area (Å²) in [6.07, 6.45) is 1.81. The molecule has 41 heavy (non-hydrogen) atoms. The van der Waals surface area contributed by atoms with E-state index in [0.29, 0.717) is 18.2 Å². The van der Waals surface area contributed by atoms with Crippen molar-refractivity contribution < 1.29 is 24.5 Å². The van der Waals surface area contributed by atoms with Crippen LogP contribution in [0.1, 0.15) is 29.5 Å². The number of carboxylic acid groups (broad SMARTS) is 1. The van der Waals surface area contributed by atoms with Crippen LogP contribution in [-0.2, 0) is 29.0 Å². The molecule has 3 aliphatic rings. The van der Waals surface area contributed by atoms with E-state index in [1.807, 2.05) is 30.3 Å². The Morgan fingerprint density at radius 1 is 1.07 bits per heavy atom. The van der Waals surface area contributed by atoms with Gasteiger partial charge in [-0.2, -0.15) is 4.98 Å². The number of nitrogens with two attached hydrogens (primary N) is 1. The SMILES string of the molecule is Nc1nc2c(c(N3CCN(CCO[C@H]4C[C@@](O)(C(=O)O)C4)CC3)n1)CCc1cc(OCc3ccc(Cl)cc3)ccc1-2. The Labute approximate surface area is 243 Å². The molecule has 11 heteroatoms. The Morgan fingerprint density at radius 2 is 1.83 bits per heavy atom. The zero-order chi connectivity index (χ0) is 28.6. The minimum absolute atomic E-state index is 0.150. The lowest BCUT2D eigenvalue weighted by Gasteiger charge is -2.40. The summed E-state index contributed by atoms with van der Waals surface area (Å²) in [5, 5.41) is 19.6. The van der Waals surface area contributed by atoms with E-state index >= 15 is 0 Å². The van der Waals surface area contributed by atoms with Crippen LogP contribution in [-0.4, -0.2) is 82.1 Å². The number of halogens is 1. The summed E-state index contributed by atoms with van der Waals surface area (Å²) in [5.74, 6) is 0.833. The third kappa shape index (κ3) is 5.97. The van der Waals surface area contributed by atoms with Gasteiger partial charge >= 0.3 is 5.97 Å². The van der Waals surface area contributed by atoms with Gasteiger partial charge in [-0.15, -0.1) is 0 Å². The number of rotatable bonds is 9. The number of hydrogen-bond donors (Lipinski definition) is 3. The largest absolute Gasteiger partial charge is 0.489 e. The summed E-state index contributed by atoms with van der Waals surface area (Å²) in [6.45, 7) is 5.09. The summed E-state index contributed by atoms with van der Waals surface area (Å²) >= 11 is 5.99. The number of benzene rings is 2. The predicted octanol–water partition coefficient (Wildman–Crippen LogP) is 3.17. The Morgan fingerprint density at radius 3 is 2.56 bits per heavy atom. The summed E-state index contributed by atoms with van der Waals surface area (Å²) in [7, 11) is 0. The second kappa shape index (κ2) is 11.4. The first-order valence-corrected chi connectivity index (χ1v) is 14.4. The van der Waals surface area contributed by atoms with E-state index < -0.39 is 11.6 Å². The topological polar surface area (TPSA) is 134 Å². The average molecular weight is 580 g/mol. The normalized spacial score (nSPS) is 22.0.